The second-order valence-electron chi connectivity index (χ2n) is 5.26. The van der Waals surface area contributed by atoms with E-state index < -0.39 is 17.9 Å². The zero-order valence-electron chi connectivity index (χ0n) is 12.0. The monoisotopic (exact) mass is 337 g/mol. The van der Waals surface area contributed by atoms with Crippen molar-refractivity contribution in [2.45, 2.75) is 25.1 Å². The van der Waals surface area contributed by atoms with Crippen molar-refractivity contribution in [3.05, 3.63) is 24.3 Å². The molecule has 0 aromatic carbocycles. The smallest absolute Gasteiger partial charge is 0.403 e. The van der Waals surface area contributed by atoms with Crippen LogP contribution in [0.2, 0.25) is 0 Å². The van der Waals surface area contributed by atoms with E-state index in [1.807, 2.05) is 0 Å². The predicted octanol–water partition coefficient (Wildman–Crippen LogP) is 2.34. The van der Waals surface area contributed by atoms with Crippen LogP contribution in [0.25, 0.3) is 11.0 Å². The number of rotatable bonds is 3. The van der Waals surface area contributed by atoms with Crippen molar-refractivity contribution in [1.82, 2.24) is 29.7 Å². The van der Waals surface area contributed by atoms with Crippen molar-refractivity contribution in [3.8, 4) is 11.9 Å². The van der Waals surface area contributed by atoms with Crippen LogP contribution < -0.4 is 10.5 Å². The average molecular weight is 337 g/mol. The quantitative estimate of drug-likeness (QED) is 0.782. The number of alkyl halides is 3. The van der Waals surface area contributed by atoms with Crippen LogP contribution in [0, 0.1) is 0 Å². The predicted molar refractivity (Wildman–Crippen MR) is 75.1 cm³/mol. The number of fused-ring (bicyclic) bond motifs is 1. The normalized spacial score (nSPS) is 15.0. The largest absolute Gasteiger partial charge is 0.433 e. The first-order chi connectivity index (χ1) is 11.4. The lowest BCUT2D eigenvalue weighted by Gasteiger charge is -2.06. The summed E-state index contributed by atoms with van der Waals surface area (Å²) < 4.78 is 45.2. The Bertz CT molecular complexity index is 920. The Morgan fingerprint density at radius 1 is 1.21 bits per heavy atom. The number of nitrogens with zero attached hydrogens (tertiary/aromatic N) is 6. The van der Waals surface area contributed by atoms with Crippen molar-refractivity contribution in [2.75, 3.05) is 5.73 Å². The molecule has 3 aromatic rings. The van der Waals surface area contributed by atoms with Crippen molar-refractivity contribution < 1.29 is 17.9 Å². The zero-order chi connectivity index (χ0) is 16.9. The molecule has 1 aliphatic rings. The van der Waals surface area contributed by atoms with E-state index >= 15 is 0 Å². The number of aromatic nitrogens is 6. The van der Waals surface area contributed by atoms with Gasteiger partial charge in [0.25, 0.3) is 5.88 Å². The minimum absolute atomic E-state index is 0.0191. The SMILES string of the molecule is Nc1ncnc2c1c(Oc1nccc(C(F)(F)F)n1)nn2C1CC1. The van der Waals surface area contributed by atoms with E-state index in [1.165, 1.54) is 6.33 Å². The summed E-state index contributed by atoms with van der Waals surface area (Å²) in [5, 5.41) is 4.57. The fraction of sp³-hybridized carbons (Fsp3) is 0.308. The van der Waals surface area contributed by atoms with Crippen molar-refractivity contribution in [3.63, 3.8) is 0 Å². The second kappa shape index (κ2) is 5.01. The highest BCUT2D eigenvalue weighted by Crippen LogP contribution is 2.40. The van der Waals surface area contributed by atoms with Crippen LogP contribution in [0.1, 0.15) is 24.6 Å². The summed E-state index contributed by atoms with van der Waals surface area (Å²) in [4.78, 5) is 15.0. The van der Waals surface area contributed by atoms with Crippen LogP contribution >= 0.6 is 0 Å². The molecule has 0 atom stereocenters. The molecule has 124 valence electrons. The van der Waals surface area contributed by atoms with E-state index in [4.69, 9.17) is 10.5 Å². The molecule has 0 unspecified atom stereocenters. The second-order valence-corrected chi connectivity index (χ2v) is 5.26. The highest BCUT2D eigenvalue weighted by Gasteiger charge is 2.34. The van der Waals surface area contributed by atoms with Gasteiger partial charge in [-0.3, -0.25) is 0 Å². The first-order valence-corrected chi connectivity index (χ1v) is 7.00. The van der Waals surface area contributed by atoms with Crippen LogP contribution in [0.5, 0.6) is 11.9 Å². The molecule has 1 fully saturated rings. The van der Waals surface area contributed by atoms with Crippen LogP contribution in [0.4, 0.5) is 19.0 Å². The molecule has 0 radical (unpaired) electrons. The first-order valence-electron chi connectivity index (χ1n) is 7.00. The molecule has 11 heteroatoms. The van der Waals surface area contributed by atoms with E-state index in [-0.39, 0.29) is 17.7 Å². The Morgan fingerprint density at radius 3 is 2.71 bits per heavy atom. The van der Waals surface area contributed by atoms with Crippen LogP contribution in [0.3, 0.4) is 0 Å². The molecule has 24 heavy (non-hydrogen) atoms. The van der Waals surface area contributed by atoms with Gasteiger partial charge in [0.15, 0.2) is 11.3 Å². The van der Waals surface area contributed by atoms with Gasteiger partial charge in [-0.05, 0) is 18.9 Å². The van der Waals surface area contributed by atoms with Gasteiger partial charge in [-0.25, -0.2) is 19.6 Å². The van der Waals surface area contributed by atoms with Gasteiger partial charge in [-0.2, -0.15) is 18.2 Å². The van der Waals surface area contributed by atoms with E-state index in [0.29, 0.717) is 11.0 Å². The maximum atomic E-state index is 12.7. The van der Waals surface area contributed by atoms with Crippen LogP contribution in [-0.4, -0.2) is 29.7 Å². The van der Waals surface area contributed by atoms with Crippen LogP contribution in [-0.2, 0) is 6.18 Å². The van der Waals surface area contributed by atoms with E-state index in [1.54, 1.807) is 4.68 Å². The molecule has 3 heterocycles. The molecular formula is C13H10F3N7O. The van der Waals surface area contributed by atoms with Crippen molar-refractivity contribution >= 4 is 16.9 Å². The van der Waals surface area contributed by atoms with Gasteiger partial charge >= 0.3 is 12.2 Å². The lowest BCUT2D eigenvalue weighted by Crippen LogP contribution is -2.09. The zero-order valence-corrected chi connectivity index (χ0v) is 12.0. The minimum atomic E-state index is -4.60. The van der Waals surface area contributed by atoms with Gasteiger partial charge in [0.2, 0.25) is 0 Å². The Morgan fingerprint density at radius 2 is 2.00 bits per heavy atom. The number of anilines is 1. The summed E-state index contributed by atoms with van der Waals surface area (Å²) in [6.07, 6.45) is -0.479. The number of nitrogens with two attached hydrogens (primary N) is 1. The number of hydrogen-bond donors (Lipinski definition) is 1. The van der Waals surface area contributed by atoms with Gasteiger partial charge < -0.3 is 10.5 Å². The summed E-state index contributed by atoms with van der Waals surface area (Å²) in [6.45, 7) is 0. The van der Waals surface area contributed by atoms with Gasteiger partial charge in [-0.15, -0.1) is 5.10 Å². The third-order valence-corrected chi connectivity index (χ3v) is 3.49. The molecule has 0 saturated heterocycles. The van der Waals surface area contributed by atoms with Gasteiger partial charge in [-0.1, -0.05) is 0 Å². The lowest BCUT2D eigenvalue weighted by molar-refractivity contribution is -0.141. The van der Waals surface area contributed by atoms with Gasteiger partial charge in [0.1, 0.15) is 17.5 Å². The standard InChI is InChI=1S/C13H10F3N7O/c14-13(15,16)7-3-4-18-12(21-7)24-11-8-9(17)19-5-20-10(8)23(22-11)6-1-2-6/h3-6H,1-2H2,(H2,17,19,20). The van der Waals surface area contributed by atoms with E-state index in [9.17, 15) is 13.2 Å². The van der Waals surface area contributed by atoms with E-state index in [0.717, 1.165) is 25.1 Å². The summed E-state index contributed by atoms with van der Waals surface area (Å²) in [5.41, 5.74) is 5.19. The molecule has 2 N–H and O–H groups in total. The molecule has 0 amide bonds. The Labute approximate surface area is 132 Å². The van der Waals surface area contributed by atoms with Crippen molar-refractivity contribution in [2.24, 2.45) is 0 Å². The van der Waals surface area contributed by atoms with Crippen molar-refractivity contribution in [1.29, 1.82) is 0 Å². The molecule has 8 nitrogen and oxygen atoms in total. The van der Waals surface area contributed by atoms with Gasteiger partial charge in [0.05, 0.1) is 6.04 Å². The molecule has 1 saturated carbocycles. The number of hydrogen-bond acceptors (Lipinski definition) is 7. The Balaban J connectivity index is 1.78. The van der Waals surface area contributed by atoms with E-state index in [2.05, 4.69) is 25.0 Å². The minimum Gasteiger partial charge on any atom is -0.403 e. The first kappa shape index (κ1) is 14.6. The number of ether oxygens (including phenoxy) is 1. The Kier molecular flexibility index (Phi) is 3.05. The number of halogens is 3. The molecular weight excluding hydrogens is 327 g/mol. The van der Waals surface area contributed by atoms with Gasteiger partial charge in [0, 0.05) is 6.20 Å². The number of nitrogen functional groups attached to an aromatic ring is 1. The maximum Gasteiger partial charge on any atom is 0.433 e. The fourth-order valence-corrected chi connectivity index (χ4v) is 2.24. The molecule has 0 aliphatic heterocycles. The fourth-order valence-electron chi connectivity index (χ4n) is 2.24. The maximum absolute atomic E-state index is 12.7. The average Bonchev–Trinajstić information content (AvgIpc) is 3.30. The third-order valence-electron chi connectivity index (χ3n) is 3.49. The molecule has 3 aromatic heterocycles. The Hall–Kier alpha value is -2.98. The highest BCUT2D eigenvalue weighted by atomic mass is 19.4. The highest BCUT2D eigenvalue weighted by molar-refractivity contribution is 5.90. The lowest BCUT2D eigenvalue weighted by atomic mass is 10.4. The molecule has 0 spiro atoms. The topological polar surface area (TPSA) is 105 Å². The molecule has 4 rings (SSSR count). The molecule has 0 bridgehead atoms. The summed E-state index contributed by atoms with van der Waals surface area (Å²) in [7, 11) is 0. The summed E-state index contributed by atoms with van der Waals surface area (Å²) in [6, 6.07) is 0.447. The summed E-state index contributed by atoms with van der Waals surface area (Å²) >= 11 is 0. The summed E-state index contributed by atoms with van der Waals surface area (Å²) in [5.74, 6) is 0.100. The van der Waals surface area contributed by atoms with Crippen LogP contribution in [0.15, 0.2) is 18.6 Å². The molecule has 1 aliphatic carbocycles. The third kappa shape index (κ3) is 2.47.